The van der Waals surface area contributed by atoms with Gasteiger partial charge in [-0.05, 0) is 18.9 Å². The first-order valence-electron chi connectivity index (χ1n) is 4.38. The SMILES string of the molecule is [c]1ccn(C2CCCCC2)n1. The van der Waals surface area contributed by atoms with Crippen molar-refractivity contribution in [2.75, 3.05) is 0 Å². The average molecular weight is 149 g/mol. The summed E-state index contributed by atoms with van der Waals surface area (Å²) in [6.45, 7) is 0. The fourth-order valence-corrected chi connectivity index (χ4v) is 1.79. The van der Waals surface area contributed by atoms with Gasteiger partial charge in [0.05, 0.1) is 6.04 Å². The summed E-state index contributed by atoms with van der Waals surface area (Å²) in [6.07, 6.45) is 11.6. The molecule has 2 nitrogen and oxygen atoms in total. The monoisotopic (exact) mass is 149 g/mol. The van der Waals surface area contributed by atoms with Gasteiger partial charge in [0.1, 0.15) is 6.20 Å². The molecule has 0 aromatic carbocycles. The van der Waals surface area contributed by atoms with Gasteiger partial charge in [-0.25, -0.2) is 0 Å². The van der Waals surface area contributed by atoms with Gasteiger partial charge in [-0.15, -0.1) is 0 Å². The van der Waals surface area contributed by atoms with Crippen molar-refractivity contribution in [2.45, 2.75) is 38.1 Å². The summed E-state index contributed by atoms with van der Waals surface area (Å²) in [4.78, 5) is 0. The maximum Gasteiger partial charge on any atom is 0.113 e. The highest BCUT2D eigenvalue weighted by Gasteiger charge is 2.14. The first-order valence-corrected chi connectivity index (χ1v) is 4.38. The van der Waals surface area contributed by atoms with Crippen LogP contribution in [0.5, 0.6) is 0 Å². The molecule has 1 aromatic rings. The van der Waals surface area contributed by atoms with E-state index in [0.29, 0.717) is 6.04 Å². The molecule has 0 N–H and O–H groups in total. The molecule has 0 saturated heterocycles. The van der Waals surface area contributed by atoms with Crippen LogP contribution in [0.2, 0.25) is 0 Å². The summed E-state index contributed by atoms with van der Waals surface area (Å²) in [5.74, 6) is 0. The Hall–Kier alpha value is -0.790. The molecule has 59 valence electrons. The van der Waals surface area contributed by atoms with E-state index in [1.165, 1.54) is 32.1 Å². The fraction of sp³-hybridized carbons (Fsp3) is 0.667. The lowest BCUT2D eigenvalue weighted by molar-refractivity contribution is 0.329. The van der Waals surface area contributed by atoms with E-state index >= 15 is 0 Å². The minimum Gasteiger partial charge on any atom is -0.269 e. The lowest BCUT2D eigenvalue weighted by Gasteiger charge is -2.21. The predicted octanol–water partition coefficient (Wildman–Crippen LogP) is 2.19. The molecule has 0 aliphatic heterocycles. The van der Waals surface area contributed by atoms with Gasteiger partial charge in [-0.1, -0.05) is 19.3 Å². The van der Waals surface area contributed by atoms with Crippen LogP contribution in [0, 0.1) is 6.20 Å². The average Bonchev–Trinajstić information content (AvgIpc) is 2.58. The van der Waals surface area contributed by atoms with E-state index in [0.717, 1.165) is 0 Å². The largest absolute Gasteiger partial charge is 0.269 e. The van der Waals surface area contributed by atoms with Crippen LogP contribution in [0.4, 0.5) is 0 Å². The van der Waals surface area contributed by atoms with Crippen molar-refractivity contribution in [3.63, 3.8) is 0 Å². The molecule has 1 fully saturated rings. The number of nitrogens with zero attached hydrogens (tertiary/aromatic N) is 2. The number of aromatic nitrogens is 2. The van der Waals surface area contributed by atoms with Crippen molar-refractivity contribution in [1.82, 2.24) is 9.78 Å². The fourth-order valence-electron chi connectivity index (χ4n) is 1.79. The van der Waals surface area contributed by atoms with E-state index in [-0.39, 0.29) is 0 Å². The molecule has 1 saturated carbocycles. The van der Waals surface area contributed by atoms with Crippen LogP contribution < -0.4 is 0 Å². The van der Waals surface area contributed by atoms with Crippen LogP contribution in [0.15, 0.2) is 12.3 Å². The van der Waals surface area contributed by atoms with Crippen molar-refractivity contribution < 1.29 is 0 Å². The maximum absolute atomic E-state index is 4.13. The lowest BCUT2D eigenvalue weighted by atomic mass is 9.96. The molecule has 1 aliphatic carbocycles. The zero-order valence-electron chi connectivity index (χ0n) is 6.66. The molecule has 2 rings (SSSR count). The van der Waals surface area contributed by atoms with Gasteiger partial charge in [0, 0.05) is 6.20 Å². The zero-order valence-corrected chi connectivity index (χ0v) is 6.66. The summed E-state index contributed by atoms with van der Waals surface area (Å²) in [5.41, 5.74) is 0. The summed E-state index contributed by atoms with van der Waals surface area (Å²) in [6, 6.07) is 2.55. The smallest absolute Gasteiger partial charge is 0.113 e. The Morgan fingerprint density at radius 1 is 1.27 bits per heavy atom. The summed E-state index contributed by atoms with van der Waals surface area (Å²) in [7, 11) is 0. The van der Waals surface area contributed by atoms with Crippen molar-refractivity contribution in [3.05, 3.63) is 18.5 Å². The van der Waals surface area contributed by atoms with E-state index in [1.54, 1.807) is 0 Å². The zero-order chi connectivity index (χ0) is 7.52. The summed E-state index contributed by atoms with van der Waals surface area (Å²) >= 11 is 0. The molecule has 1 radical (unpaired) electrons. The molecule has 0 amide bonds. The molecule has 1 aliphatic rings. The molecule has 0 spiro atoms. The highest BCUT2D eigenvalue weighted by Crippen LogP contribution is 2.26. The second-order valence-corrected chi connectivity index (χ2v) is 3.22. The Kier molecular flexibility index (Phi) is 1.93. The van der Waals surface area contributed by atoms with Crippen LogP contribution in [0.1, 0.15) is 38.1 Å². The topological polar surface area (TPSA) is 17.8 Å². The maximum atomic E-state index is 4.13. The highest BCUT2D eigenvalue weighted by molar-refractivity contribution is 4.81. The number of hydrogen-bond acceptors (Lipinski definition) is 1. The summed E-state index contributed by atoms with van der Waals surface area (Å²) < 4.78 is 2.05. The van der Waals surface area contributed by atoms with E-state index in [1.807, 2.05) is 12.3 Å². The minimum absolute atomic E-state index is 0.662. The van der Waals surface area contributed by atoms with Crippen LogP contribution >= 0.6 is 0 Å². The predicted molar refractivity (Wildman–Crippen MR) is 43.2 cm³/mol. The van der Waals surface area contributed by atoms with Gasteiger partial charge >= 0.3 is 0 Å². The van der Waals surface area contributed by atoms with Gasteiger partial charge in [0.2, 0.25) is 0 Å². The number of hydrogen-bond donors (Lipinski definition) is 0. The second-order valence-electron chi connectivity index (χ2n) is 3.22. The van der Waals surface area contributed by atoms with Gasteiger partial charge in [-0.2, -0.15) is 5.10 Å². The Morgan fingerprint density at radius 3 is 2.73 bits per heavy atom. The van der Waals surface area contributed by atoms with Crippen LogP contribution in [-0.2, 0) is 0 Å². The molecule has 2 heteroatoms. The van der Waals surface area contributed by atoms with E-state index < -0.39 is 0 Å². The van der Waals surface area contributed by atoms with E-state index in [4.69, 9.17) is 0 Å². The lowest BCUT2D eigenvalue weighted by Crippen LogP contribution is -2.12. The normalized spacial score (nSPS) is 20.4. The van der Waals surface area contributed by atoms with Crippen LogP contribution in [-0.4, -0.2) is 9.78 Å². The van der Waals surface area contributed by atoms with Crippen molar-refractivity contribution in [2.24, 2.45) is 0 Å². The van der Waals surface area contributed by atoms with Crippen LogP contribution in [0.25, 0.3) is 0 Å². The van der Waals surface area contributed by atoms with Crippen molar-refractivity contribution in [1.29, 1.82) is 0 Å². The molecule has 0 unspecified atom stereocenters. The quantitative estimate of drug-likeness (QED) is 0.598. The Balaban J connectivity index is 2.04. The molecule has 0 bridgehead atoms. The van der Waals surface area contributed by atoms with Gasteiger partial charge in [0.25, 0.3) is 0 Å². The molecule has 11 heavy (non-hydrogen) atoms. The molecular formula is C9H13N2. The molecule has 1 aromatic heterocycles. The molecular weight excluding hydrogens is 136 g/mol. The molecule has 0 atom stereocenters. The van der Waals surface area contributed by atoms with E-state index in [2.05, 4.69) is 16.0 Å². The Morgan fingerprint density at radius 2 is 2.09 bits per heavy atom. The van der Waals surface area contributed by atoms with Crippen molar-refractivity contribution in [3.8, 4) is 0 Å². The second kappa shape index (κ2) is 3.07. The first-order chi connectivity index (χ1) is 5.47. The first kappa shape index (κ1) is 6.89. The Labute approximate surface area is 67.2 Å². The number of rotatable bonds is 1. The highest BCUT2D eigenvalue weighted by atomic mass is 15.3. The third-order valence-corrected chi connectivity index (χ3v) is 2.42. The van der Waals surface area contributed by atoms with Gasteiger partial charge in [-0.3, -0.25) is 4.68 Å². The van der Waals surface area contributed by atoms with E-state index in [9.17, 15) is 0 Å². The third-order valence-electron chi connectivity index (χ3n) is 2.42. The van der Waals surface area contributed by atoms with Crippen LogP contribution in [0.3, 0.4) is 0 Å². The molecule has 1 heterocycles. The van der Waals surface area contributed by atoms with Gasteiger partial charge < -0.3 is 0 Å². The third kappa shape index (κ3) is 1.44. The standard InChI is InChI=1S/C9H13N2/c1-2-5-9(6-3-1)11-8-4-7-10-11/h4,8-9H,1-3,5-6H2. The Bertz CT molecular complexity index is 197. The van der Waals surface area contributed by atoms with Gasteiger partial charge in [0.15, 0.2) is 0 Å². The minimum atomic E-state index is 0.662. The van der Waals surface area contributed by atoms with Crippen molar-refractivity contribution >= 4 is 0 Å². The summed E-state index contributed by atoms with van der Waals surface area (Å²) in [5, 5.41) is 4.13.